The van der Waals surface area contributed by atoms with Gasteiger partial charge in [-0.25, -0.2) is 0 Å². The van der Waals surface area contributed by atoms with Crippen LogP contribution in [0.5, 0.6) is 17.2 Å². The van der Waals surface area contributed by atoms with E-state index in [2.05, 4.69) is 15.9 Å². The predicted octanol–water partition coefficient (Wildman–Crippen LogP) is 3.82. The van der Waals surface area contributed by atoms with Crippen LogP contribution in [-0.4, -0.2) is 5.11 Å². The number of hydrogen-bond acceptors (Lipinski definition) is 3. The average molecular weight is 290 g/mol. The van der Waals surface area contributed by atoms with E-state index in [1.54, 1.807) is 36.4 Å². The van der Waals surface area contributed by atoms with E-state index in [0.29, 0.717) is 17.1 Å². The number of para-hydroxylation sites is 2. The van der Waals surface area contributed by atoms with Gasteiger partial charge in [0.25, 0.3) is 0 Å². The lowest BCUT2D eigenvalue weighted by Crippen LogP contribution is -1.88. The Balaban J connectivity index is 2.40. The second-order valence-corrected chi connectivity index (χ2v) is 4.24. The highest BCUT2D eigenvalue weighted by atomic mass is 79.9. The Bertz CT molecular complexity index is 590. The minimum absolute atomic E-state index is 0.0383. The molecule has 0 aliphatic carbocycles. The number of ether oxygens (including phenoxy) is 1. The van der Waals surface area contributed by atoms with Crippen molar-refractivity contribution < 1.29 is 9.84 Å². The number of phenolic OH excluding ortho intramolecular Hbond substituents is 1. The van der Waals surface area contributed by atoms with Crippen molar-refractivity contribution >= 4 is 15.9 Å². The molecule has 0 aliphatic heterocycles. The number of phenols is 1. The second-order valence-electron chi connectivity index (χ2n) is 3.32. The summed E-state index contributed by atoms with van der Waals surface area (Å²) in [4.78, 5) is 0. The zero-order valence-corrected chi connectivity index (χ0v) is 10.3. The first-order valence-electron chi connectivity index (χ1n) is 4.86. The van der Waals surface area contributed by atoms with Crippen molar-refractivity contribution in [2.75, 3.05) is 0 Å². The smallest absolute Gasteiger partial charge is 0.169 e. The largest absolute Gasteiger partial charge is 0.504 e. The summed E-state index contributed by atoms with van der Waals surface area (Å²) in [6.45, 7) is 0. The molecule has 0 unspecified atom stereocenters. The van der Waals surface area contributed by atoms with Crippen molar-refractivity contribution in [2.24, 2.45) is 0 Å². The van der Waals surface area contributed by atoms with Gasteiger partial charge in [-0.2, -0.15) is 5.26 Å². The lowest BCUT2D eigenvalue weighted by atomic mass is 10.2. The van der Waals surface area contributed by atoms with E-state index in [1.807, 2.05) is 6.07 Å². The highest BCUT2D eigenvalue weighted by Crippen LogP contribution is 2.33. The maximum atomic E-state index is 9.59. The molecule has 4 heteroatoms. The number of nitrogens with zero attached hydrogens (tertiary/aromatic N) is 1. The van der Waals surface area contributed by atoms with Crippen LogP contribution < -0.4 is 4.74 Å². The van der Waals surface area contributed by atoms with Gasteiger partial charge in [-0.1, -0.05) is 28.1 Å². The van der Waals surface area contributed by atoms with Gasteiger partial charge in [0, 0.05) is 4.47 Å². The van der Waals surface area contributed by atoms with E-state index in [9.17, 15) is 5.11 Å². The molecule has 2 aromatic rings. The molecule has 2 aromatic carbocycles. The Labute approximate surface area is 107 Å². The van der Waals surface area contributed by atoms with Gasteiger partial charge in [0.1, 0.15) is 11.8 Å². The van der Waals surface area contributed by atoms with Crippen LogP contribution in [0.4, 0.5) is 0 Å². The zero-order chi connectivity index (χ0) is 12.3. The fraction of sp³-hybridized carbons (Fsp3) is 0. The first-order chi connectivity index (χ1) is 8.20. The van der Waals surface area contributed by atoms with E-state index < -0.39 is 0 Å². The fourth-order valence-corrected chi connectivity index (χ4v) is 1.67. The van der Waals surface area contributed by atoms with Crippen LogP contribution >= 0.6 is 15.9 Å². The molecule has 84 valence electrons. The maximum Gasteiger partial charge on any atom is 0.169 e. The van der Waals surface area contributed by atoms with E-state index in [0.717, 1.165) is 4.47 Å². The van der Waals surface area contributed by atoms with Crippen molar-refractivity contribution in [3.05, 3.63) is 52.5 Å². The molecule has 0 aliphatic rings. The Morgan fingerprint density at radius 2 is 1.88 bits per heavy atom. The molecule has 0 spiro atoms. The third-order valence-corrected chi connectivity index (χ3v) is 2.64. The molecule has 0 heterocycles. The second kappa shape index (κ2) is 4.89. The molecule has 0 fully saturated rings. The molecule has 2 rings (SSSR count). The number of benzene rings is 2. The molecular formula is C13H8BrNO2. The minimum Gasteiger partial charge on any atom is -0.504 e. The molecule has 0 radical (unpaired) electrons. The molecule has 0 saturated heterocycles. The monoisotopic (exact) mass is 289 g/mol. The lowest BCUT2D eigenvalue weighted by Gasteiger charge is -2.08. The summed E-state index contributed by atoms with van der Waals surface area (Å²) in [5.74, 6) is 0.766. The van der Waals surface area contributed by atoms with Crippen LogP contribution in [-0.2, 0) is 0 Å². The van der Waals surface area contributed by atoms with Crippen LogP contribution in [0.3, 0.4) is 0 Å². The Hall–Kier alpha value is -1.99. The molecular weight excluding hydrogens is 282 g/mol. The molecule has 0 bridgehead atoms. The number of hydrogen-bond donors (Lipinski definition) is 1. The predicted molar refractivity (Wildman–Crippen MR) is 67.0 cm³/mol. The van der Waals surface area contributed by atoms with Crippen molar-refractivity contribution in [1.82, 2.24) is 0 Å². The number of rotatable bonds is 2. The van der Waals surface area contributed by atoms with E-state index in [1.165, 1.54) is 6.07 Å². The van der Waals surface area contributed by atoms with E-state index >= 15 is 0 Å². The van der Waals surface area contributed by atoms with Crippen molar-refractivity contribution in [1.29, 1.82) is 5.26 Å². The summed E-state index contributed by atoms with van der Waals surface area (Å²) in [6.07, 6.45) is 0. The molecule has 0 saturated carbocycles. The summed E-state index contributed by atoms with van der Waals surface area (Å²) >= 11 is 3.31. The Morgan fingerprint density at radius 3 is 2.59 bits per heavy atom. The van der Waals surface area contributed by atoms with Crippen molar-refractivity contribution in [3.63, 3.8) is 0 Å². The quantitative estimate of drug-likeness (QED) is 0.914. The first kappa shape index (κ1) is 11.5. The topological polar surface area (TPSA) is 53.2 Å². The van der Waals surface area contributed by atoms with Gasteiger partial charge in [0.05, 0.1) is 5.56 Å². The van der Waals surface area contributed by atoms with Gasteiger partial charge in [-0.05, 0) is 30.3 Å². The standard InChI is InChI=1S/C13H8BrNO2/c14-10-6-5-9(8-15)13(7-10)17-12-4-2-1-3-11(12)16/h1-7,16H. The molecule has 17 heavy (non-hydrogen) atoms. The van der Waals surface area contributed by atoms with Crippen molar-refractivity contribution in [2.45, 2.75) is 0 Å². The fourth-order valence-electron chi connectivity index (χ4n) is 1.33. The van der Waals surface area contributed by atoms with Gasteiger partial charge in [-0.3, -0.25) is 0 Å². The number of halogens is 1. The Morgan fingerprint density at radius 1 is 1.12 bits per heavy atom. The molecule has 0 atom stereocenters. The minimum atomic E-state index is 0.0383. The molecule has 1 N–H and O–H groups in total. The lowest BCUT2D eigenvalue weighted by molar-refractivity contribution is 0.410. The normalized spacial score (nSPS) is 9.65. The summed E-state index contributed by atoms with van der Waals surface area (Å²) in [5, 5.41) is 18.5. The van der Waals surface area contributed by atoms with Crippen LogP contribution in [0.15, 0.2) is 46.9 Å². The highest BCUT2D eigenvalue weighted by Gasteiger charge is 2.07. The van der Waals surface area contributed by atoms with E-state index in [-0.39, 0.29) is 5.75 Å². The molecule has 3 nitrogen and oxygen atoms in total. The van der Waals surface area contributed by atoms with Gasteiger partial charge in [-0.15, -0.1) is 0 Å². The zero-order valence-electron chi connectivity index (χ0n) is 8.72. The summed E-state index contributed by atoms with van der Waals surface area (Å²) < 4.78 is 6.32. The van der Waals surface area contributed by atoms with E-state index in [4.69, 9.17) is 10.00 Å². The number of nitriles is 1. The summed E-state index contributed by atoms with van der Waals surface area (Å²) in [5.41, 5.74) is 0.413. The van der Waals surface area contributed by atoms with Gasteiger partial charge >= 0.3 is 0 Å². The number of aromatic hydroxyl groups is 1. The maximum absolute atomic E-state index is 9.59. The van der Waals surface area contributed by atoms with Crippen molar-refractivity contribution in [3.8, 4) is 23.3 Å². The van der Waals surface area contributed by atoms with Crippen LogP contribution in [0, 0.1) is 11.3 Å². The first-order valence-corrected chi connectivity index (χ1v) is 5.65. The van der Waals surface area contributed by atoms with Gasteiger partial charge < -0.3 is 9.84 Å². The third kappa shape index (κ3) is 2.58. The SMILES string of the molecule is N#Cc1ccc(Br)cc1Oc1ccccc1O. The van der Waals surface area contributed by atoms with Crippen LogP contribution in [0.25, 0.3) is 0 Å². The molecule has 0 amide bonds. The summed E-state index contributed by atoms with van der Waals surface area (Å²) in [6, 6.07) is 13.7. The highest BCUT2D eigenvalue weighted by molar-refractivity contribution is 9.10. The Kier molecular flexibility index (Phi) is 3.31. The van der Waals surface area contributed by atoms with Gasteiger partial charge in [0.15, 0.2) is 11.5 Å². The van der Waals surface area contributed by atoms with Crippen LogP contribution in [0.2, 0.25) is 0 Å². The third-order valence-electron chi connectivity index (χ3n) is 2.15. The van der Waals surface area contributed by atoms with Gasteiger partial charge in [0.2, 0.25) is 0 Å². The average Bonchev–Trinajstić information content (AvgIpc) is 2.32. The summed E-state index contributed by atoms with van der Waals surface area (Å²) in [7, 11) is 0. The van der Waals surface area contributed by atoms with Crippen LogP contribution in [0.1, 0.15) is 5.56 Å². The molecule has 0 aromatic heterocycles.